The van der Waals surface area contributed by atoms with E-state index in [1.807, 2.05) is 17.8 Å². The minimum atomic E-state index is 0.312. The number of rotatable bonds is 3. The molecule has 1 aromatic rings. The van der Waals surface area contributed by atoms with Crippen molar-refractivity contribution < 1.29 is 5.11 Å². The first-order valence-corrected chi connectivity index (χ1v) is 5.74. The smallest absolute Gasteiger partial charge is 0.116 e. The van der Waals surface area contributed by atoms with Crippen LogP contribution < -0.4 is 0 Å². The fraction of sp³-hybridized carbons (Fsp3) is 0.333. The fourth-order valence-corrected chi connectivity index (χ4v) is 2.23. The molecule has 66 valence electrons. The molecular formula is C9H11BrOS. The van der Waals surface area contributed by atoms with Gasteiger partial charge in [0.05, 0.1) is 0 Å². The highest BCUT2D eigenvalue weighted by Gasteiger charge is 1.99. The van der Waals surface area contributed by atoms with E-state index in [-0.39, 0.29) is 0 Å². The molecule has 1 aromatic carbocycles. The van der Waals surface area contributed by atoms with E-state index in [9.17, 15) is 0 Å². The molecule has 0 saturated carbocycles. The van der Waals surface area contributed by atoms with Crippen LogP contribution in [0.25, 0.3) is 0 Å². The number of aromatic hydroxyl groups is 1. The van der Waals surface area contributed by atoms with Crippen molar-refractivity contribution in [3.8, 4) is 5.75 Å². The Hall–Kier alpha value is -0.150. The minimum absolute atomic E-state index is 0.312. The van der Waals surface area contributed by atoms with Crippen molar-refractivity contribution in [2.75, 3.05) is 5.75 Å². The van der Waals surface area contributed by atoms with Gasteiger partial charge >= 0.3 is 0 Å². The largest absolute Gasteiger partial charge is 0.508 e. The minimum Gasteiger partial charge on any atom is -0.508 e. The maximum Gasteiger partial charge on any atom is 0.116 e. The summed E-state index contributed by atoms with van der Waals surface area (Å²) in [5.74, 6) is 2.43. The Morgan fingerprint density at radius 2 is 2.25 bits per heavy atom. The Morgan fingerprint density at radius 1 is 1.50 bits per heavy atom. The summed E-state index contributed by atoms with van der Waals surface area (Å²) in [6.45, 7) is 2.14. The maximum absolute atomic E-state index is 9.13. The number of halogens is 1. The van der Waals surface area contributed by atoms with Crippen LogP contribution in [-0.4, -0.2) is 10.9 Å². The van der Waals surface area contributed by atoms with Gasteiger partial charge in [0, 0.05) is 10.2 Å². The topological polar surface area (TPSA) is 20.2 Å². The lowest BCUT2D eigenvalue weighted by molar-refractivity contribution is 0.475. The molecule has 0 aliphatic rings. The van der Waals surface area contributed by atoms with E-state index in [0.29, 0.717) is 5.75 Å². The lowest BCUT2D eigenvalue weighted by Crippen LogP contribution is -1.82. The molecule has 1 rings (SSSR count). The number of phenols is 1. The van der Waals surface area contributed by atoms with Crippen LogP contribution in [0.5, 0.6) is 5.75 Å². The van der Waals surface area contributed by atoms with Gasteiger partial charge in [-0.2, -0.15) is 11.8 Å². The van der Waals surface area contributed by atoms with Gasteiger partial charge in [0.15, 0.2) is 0 Å². The predicted octanol–water partition coefficient (Wildman–Crippen LogP) is 3.41. The van der Waals surface area contributed by atoms with Gasteiger partial charge < -0.3 is 5.11 Å². The van der Waals surface area contributed by atoms with Crippen LogP contribution in [-0.2, 0) is 5.75 Å². The predicted molar refractivity (Wildman–Crippen MR) is 57.6 cm³/mol. The van der Waals surface area contributed by atoms with E-state index in [1.165, 1.54) is 5.56 Å². The van der Waals surface area contributed by atoms with Crippen molar-refractivity contribution >= 4 is 27.7 Å². The lowest BCUT2D eigenvalue weighted by Gasteiger charge is -2.02. The summed E-state index contributed by atoms with van der Waals surface area (Å²) in [5, 5.41) is 9.13. The van der Waals surface area contributed by atoms with E-state index < -0.39 is 0 Å². The Morgan fingerprint density at radius 3 is 2.83 bits per heavy atom. The van der Waals surface area contributed by atoms with Crippen molar-refractivity contribution in [2.24, 2.45) is 0 Å². The molecule has 0 heterocycles. The third kappa shape index (κ3) is 2.72. The first-order valence-electron chi connectivity index (χ1n) is 3.79. The van der Waals surface area contributed by atoms with Crippen LogP contribution in [0.2, 0.25) is 0 Å². The first kappa shape index (κ1) is 9.93. The molecule has 0 unspecified atom stereocenters. The third-order valence-electron chi connectivity index (χ3n) is 1.50. The molecule has 12 heavy (non-hydrogen) atoms. The van der Waals surface area contributed by atoms with E-state index in [0.717, 1.165) is 16.0 Å². The van der Waals surface area contributed by atoms with Crippen molar-refractivity contribution in [1.82, 2.24) is 0 Å². The van der Waals surface area contributed by atoms with E-state index >= 15 is 0 Å². The van der Waals surface area contributed by atoms with Crippen molar-refractivity contribution in [3.05, 3.63) is 28.2 Å². The maximum atomic E-state index is 9.13. The van der Waals surface area contributed by atoms with Crippen molar-refractivity contribution in [3.63, 3.8) is 0 Å². The SMILES string of the molecule is CCSCc1ccc(O)cc1Br. The molecule has 0 amide bonds. The van der Waals surface area contributed by atoms with Gasteiger partial charge in [-0.1, -0.05) is 28.9 Å². The molecule has 0 atom stereocenters. The van der Waals surface area contributed by atoms with Gasteiger partial charge in [0.25, 0.3) is 0 Å². The lowest BCUT2D eigenvalue weighted by atomic mass is 10.2. The van der Waals surface area contributed by atoms with Crippen molar-refractivity contribution in [2.45, 2.75) is 12.7 Å². The first-order chi connectivity index (χ1) is 5.74. The molecule has 0 radical (unpaired) electrons. The second kappa shape index (κ2) is 4.77. The molecule has 0 aliphatic carbocycles. The summed E-state index contributed by atoms with van der Waals surface area (Å²) in [4.78, 5) is 0. The Bertz CT molecular complexity index is 263. The Labute approximate surface area is 85.3 Å². The van der Waals surface area contributed by atoms with E-state index in [4.69, 9.17) is 5.11 Å². The summed E-state index contributed by atoms with van der Waals surface area (Å²) in [6.07, 6.45) is 0. The monoisotopic (exact) mass is 246 g/mol. The van der Waals surface area contributed by atoms with Gasteiger partial charge in [-0.05, 0) is 23.4 Å². The number of hydrogen-bond donors (Lipinski definition) is 1. The van der Waals surface area contributed by atoms with Crippen LogP contribution in [0.15, 0.2) is 22.7 Å². The average molecular weight is 247 g/mol. The van der Waals surface area contributed by atoms with E-state index in [1.54, 1.807) is 12.1 Å². The van der Waals surface area contributed by atoms with Crippen molar-refractivity contribution in [1.29, 1.82) is 0 Å². The Kier molecular flexibility index (Phi) is 3.95. The van der Waals surface area contributed by atoms with Crippen LogP contribution in [0.3, 0.4) is 0 Å². The van der Waals surface area contributed by atoms with Gasteiger partial charge in [-0.25, -0.2) is 0 Å². The zero-order chi connectivity index (χ0) is 8.97. The van der Waals surface area contributed by atoms with Crippen LogP contribution in [0, 0.1) is 0 Å². The average Bonchev–Trinajstić information content (AvgIpc) is 2.03. The molecule has 0 aromatic heterocycles. The van der Waals surface area contributed by atoms with Crippen LogP contribution >= 0.6 is 27.7 Å². The number of hydrogen-bond acceptors (Lipinski definition) is 2. The second-order valence-corrected chi connectivity index (χ2v) is 4.54. The van der Waals surface area contributed by atoms with Gasteiger partial charge in [-0.15, -0.1) is 0 Å². The number of phenolic OH excluding ortho intramolecular Hbond substituents is 1. The fourth-order valence-electron chi connectivity index (χ4n) is 0.865. The van der Waals surface area contributed by atoms with Gasteiger partial charge in [0.1, 0.15) is 5.75 Å². The van der Waals surface area contributed by atoms with Crippen LogP contribution in [0.4, 0.5) is 0 Å². The van der Waals surface area contributed by atoms with Gasteiger partial charge in [0.2, 0.25) is 0 Å². The molecular weight excluding hydrogens is 236 g/mol. The molecule has 0 fully saturated rings. The highest BCUT2D eigenvalue weighted by Crippen LogP contribution is 2.25. The van der Waals surface area contributed by atoms with E-state index in [2.05, 4.69) is 22.9 Å². The molecule has 0 spiro atoms. The quantitative estimate of drug-likeness (QED) is 0.883. The molecule has 0 bridgehead atoms. The zero-order valence-electron chi connectivity index (χ0n) is 6.88. The normalized spacial score (nSPS) is 10.2. The molecule has 0 saturated heterocycles. The number of thioether (sulfide) groups is 1. The second-order valence-electron chi connectivity index (χ2n) is 2.41. The summed E-state index contributed by atoms with van der Waals surface area (Å²) in [6, 6.07) is 5.39. The standard InChI is InChI=1S/C9H11BrOS/c1-2-12-6-7-3-4-8(11)5-9(7)10/h3-5,11H,2,6H2,1H3. The highest BCUT2D eigenvalue weighted by atomic mass is 79.9. The summed E-state index contributed by atoms with van der Waals surface area (Å²) in [7, 11) is 0. The number of benzene rings is 1. The zero-order valence-corrected chi connectivity index (χ0v) is 9.28. The highest BCUT2D eigenvalue weighted by molar-refractivity contribution is 9.10. The Balaban J connectivity index is 2.72. The summed E-state index contributed by atoms with van der Waals surface area (Å²) in [5.41, 5.74) is 1.24. The third-order valence-corrected chi connectivity index (χ3v) is 3.16. The van der Waals surface area contributed by atoms with Gasteiger partial charge in [-0.3, -0.25) is 0 Å². The molecule has 0 aliphatic heterocycles. The molecule has 1 nitrogen and oxygen atoms in total. The molecule has 3 heteroatoms. The summed E-state index contributed by atoms with van der Waals surface area (Å²) >= 11 is 5.27. The molecule has 1 N–H and O–H groups in total. The summed E-state index contributed by atoms with van der Waals surface area (Å²) < 4.78 is 0.989. The van der Waals surface area contributed by atoms with Crippen LogP contribution in [0.1, 0.15) is 12.5 Å².